The van der Waals surface area contributed by atoms with Gasteiger partial charge in [-0.05, 0) is 98.7 Å². The minimum atomic E-state index is -0.517. The van der Waals surface area contributed by atoms with Crippen molar-refractivity contribution in [1.29, 1.82) is 0 Å². The van der Waals surface area contributed by atoms with Crippen molar-refractivity contribution in [2.75, 3.05) is 12.1 Å². The van der Waals surface area contributed by atoms with Crippen LogP contribution in [0.4, 0.5) is 5.82 Å². The van der Waals surface area contributed by atoms with E-state index in [0.29, 0.717) is 57.9 Å². The van der Waals surface area contributed by atoms with E-state index in [1.807, 2.05) is 51.1 Å². The van der Waals surface area contributed by atoms with Crippen molar-refractivity contribution >= 4 is 35.1 Å². The standard InChI is InChI=1S/C41H56N4O6/c1-11-49-45-39-32(41(48)51-37-25(6)19-22(3)20-26(37)7)28(9)35(44-39)33(30-15-13-12-14-16-30)34-27(8)31(38(43-34)42-29(10)46)40(47)50-36-23(4)17-21(2)18-24(36)5/h12-16,21-26,36-37,44-45H,11,17-20H2,1-10H3,(H,42,43,46). The van der Waals surface area contributed by atoms with Gasteiger partial charge >= 0.3 is 11.9 Å². The Morgan fingerprint density at radius 3 is 1.86 bits per heavy atom. The molecule has 3 N–H and O–H groups in total. The number of benzene rings is 1. The Labute approximate surface area is 302 Å². The molecule has 10 nitrogen and oxygen atoms in total. The summed E-state index contributed by atoms with van der Waals surface area (Å²) in [7, 11) is 0. The number of nitrogens with zero attached hydrogens (tertiary/aromatic N) is 1. The second kappa shape index (κ2) is 16.0. The number of ether oxygens (including phenoxy) is 2. The summed E-state index contributed by atoms with van der Waals surface area (Å²) in [5, 5.41) is 2.79. The number of aliphatic imine (C=N–C) groups is 1. The maximum atomic E-state index is 14.1. The Hall–Kier alpha value is -4.18. The molecule has 5 rings (SSSR count). The number of anilines is 1. The van der Waals surface area contributed by atoms with E-state index in [0.717, 1.165) is 31.2 Å². The maximum Gasteiger partial charge on any atom is 0.342 e. The minimum absolute atomic E-state index is 0.143. The normalized spacial score (nSPS) is 28.9. The molecule has 276 valence electrons. The summed E-state index contributed by atoms with van der Waals surface area (Å²) in [5.41, 5.74) is 7.22. The molecule has 1 amide bonds. The van der Waals surface area contributed by atoms with Gasteiger partial charge < -0.3 is 19.8 Å². The van der Waals surface area contributed by atoms with E-state index >= 15 is 0 Å². The molecule has 0 radical (unpaired) electrons. The molecular formula is C41H56N4O6. The van der Waals surface area contributed by atoms with Crippen LogP contribution in [0.25, 0.3) is 5.57 Å². The number of amides is 1. The summed E-state index contributed by atoms with van der Waals surface area (Å²) < 4.78 is 12.5. The maximum absolute atomic E-state index is 14.1. The number of amidine groups is 1. The van der Waals surface area contributed by atoms with Crippen molar-refractivity contribution in [3.63, 3.8) is 0 Å². The second-order valence-electron chi connectivity index (χ2n) is 15.4. The number of hydrogen-bond acceptors (Lipinski definition) is 8. The quantitative estimate of drug-likeness (QED) is 0.178. The van der Waals surface area contributed by atoms with Crippen LogP contribution in [-0.4, -0.2) is 47.5 Å². The fraction of sp³-hybridized carbons (Fsp3) is 0.561. The van der Waals surface area contributed by atoms with E-state index < -0.39 is 11.9 Å². The van der Waals surface area contributed by atoms with Crippen molar-refractivity contribution in [2.45, 2.75) is 107 Å². The number of nitrogens with one attached hydrogen (secondary N) is 3. The summed E-state index contributed by atoms with van der Waals surface area (Å²) in [4.78, 5) is 54.6. The summed E-state index contributed by atoms with van der Waals surface area (Å²) >= 11 is 0. The highest BCUT2D eigenvalue weighted by Crippen LogP contribution is 2.42. The van der Waals surface area contributed by atoms with Gasteiger partial charge in [-0.2, -0.15) is 0 Å². The van der Waals surface area contributed by atoms with Crippen molar-refractivity contribution in [3.8, 4) is 0 Å². The van der Waals surface area contributed by atoms with E-state index in [1.165, 1.54) is 6.92 Å². The van der Waals surface area contributed by atoms with Gasteiger partial charge in [-0.1, -0.05) is 71.9 Å². The lowest BCUT2D eigenvalue weighted by Crippen LogP contribution is -2.39. The first kappa shape index (κ1) is 38.1. The molecule has 1 aromatic heterocycles. The van der Waals surface area contributed by atoms with Crippen molar-refractivity contribution in [3.05, 3.63) is 69.6 Å². The number of carbonyl (C=O) groups excluding carboxylic acids is 3. The van der Waals surface area contributed by atoms with Gasteiger partial charge in [0, 0.05) is 12.5 Å². The average molecular weight is 701 g/mol. The van der Waals surface area contributed by atoms with Crippen molar-refractivity contribution in [2.24, 2.45) is 40.5 Å². The first-order valence-corrected chi connectivity index (χ1v) is 18.6. The largest absolute Gasteiger partial charge is 0.458 e. The van der Waals surface area contributed by atoms with Gasteiger partial charge in [-0.15, -0.1) is 0 Å². The first-order chi connectivity index (χ1) is 24.2. The van der Waals surface area contributed by atoms with Crippen LogP contribution < -0.4 is 10.8 Å². The van der Waals surface area contributed by atoms with Gasteiger partial charge in [0.2, 0.25) is 5.91 Å². The van der Waals surface area contributed by atoms with Gasteiger partial charge in [0.15, 0.2) is 0 Å². The summed E-state index contributed by atoms with van der Waals surface area (Å²) in [6, 6.07) is 9.66. The zero-order chi connectivity index (χ0) is 37.1. The number of esters is 2. The van der Waals surface area contributed by atoms with Crippen molar-refractivity contribution in [1.82, 2.24) is 10.3 Å². The van der Waals surface area contributed by atoms with E-state index in [-0.39, 0.29) is 53.2 Å². The van der Waals surface area contributed by atoms with Gasteiger partial charge in [0.1, 0.15) is 35.0 Å². The Bertz CT molecular complexity index is 1700. The van der Waals surface area contributed by atoms with Crippen LogP contribution in [0.1, 0.15) is 115 Å². The van der Waals surface area contributed by atoms with Gasteiger partial charge in [-0.25, -0.2) is 14.6 Å². The average Bonchev–Trinajstić information content (AvgIpc) is 3.55. The van der Waals surface area contributed by atoms with Crippen LogP contribution in [0.3, 0.4) is 0 Å². The Kier molecular flexibility index (Phi) is 11.9. The Morgan fingerprint density at radius 1 is 0.824 bits per heavy atom. The molecule has 2 heterocycles. The topological polar surface area (TPSA) is 131 Å². The molecule has 10 heteroatoms. The highest BCUT2D eigenvalue weighted by molar-refractivity contribution is 6.25. The molecule has 4 atom stereocenters. The molecule has 2 fully saturated rings. The van der Waals surface area contributed by atoms with Crippen molar-refractivity contribution < 1.29 is 28.7 Å². The molecule has 0 saturated heterocycles. The van der Waals surface area contributed by atoms with E-state index in [9.17, 15) is 14.4 Å². The molecular weight excluding hydrogens is 644 g/mol. The molecule has 1 aromatic carbocycles. The van der Waals surface area contributed by atoms with E-state index in [2.05, 4.69) is 57.3 Å². The third-order valence-electron chi connectivity index (χ3n) is 10.8. The smallest absolute Gasteiger partial charge is 0.342 e. The molecule has 1 aliphatic heterocycles. The third-order valence-corrected chi connectivity index (χ3v) is 10.8. The molecule has 0 spiro atoms. The van der Waals surface area contributed by atoms with Crippen LogP contribution in [-0.2, 0) is 23.9 Å². The van der Waals surface area contributed by atoms with E-state index in [1.54, 1.807) is 0 Å². The zero-order valence-corrected chi connectivity index (χ0v) is 31.9. The van der Waals surface area contributed by atoms with Crippen LogP contribution in [0.15, 0.2) is 52.2 Å². The van der Waals surface area contributed by atoms with Crippen LogP contribution in [0.5, 0.6) is 0 Å². The predicted octanol–water partition coefficient (Wildman–Crippen LogP) is 8.15. The summed E-state index contributed by atoms with van der Waals surface area (Å²) in [6.45, 7) is 20.3. The van der Waals surface area contributed by atoms with Gasteiger partial charge in [0.25, 0.3) is 0 Å². The molecule has 2 saturated carbocycles. The van der Waals surface area contributed by atoms with Crippen LogP contribution in [0.2, 0.25) is 0 Å². The Balaban J connectivity index is 1.64. The number of rotatable bonds is 9. The number of hydrogen-bond donors (Lipinski definition) is 3. The molecule has 51 heavy (non-hydrogen) atoms. The highest BCUT2D eigenvalue weighted by atomic mass is 16.6. The fourth-order valence-electron chi connectivity index (χ4n) is 8.84. The Morgan fingerprint density at radius 2 is 1.35 bits per heavy atom. The summed E-state index contributed by atoms with van der Waals surface area (Å²) in [6.07, 6.45) is 3.48. The monoisotopic (exact) mass is 700 g/mol. The van der Waals surface area contributed by atoms with Gasteiger partial charge in [0.05, 0.1) is 18.0 Å². The number of H-pyrrole nitrogens is 1. The SMILES string of the molecule is CCONc1[nH]c(C(=C2N=C(NC(C)=O)C(C(=O)OC3C(C)CC(C)CC3C)=C2C)c2ccccc2)c(C)c1C(=O)OC1C(C)CC(C)CC1C. The zero-order valence-electron chi connectivity index (χ0n) is 31.9. The first-order valence-electron chi connectivity index (χ1n) is 18.6. The lowest BCUT2D eigenvalue weighted by molar-refractivity contribution is -0.152. The number of carbonyl (C=O) groups is 3. The molecule has 0 bridgehead atoms. The number of allylic oxidation sites excluding steroid dienone is 1. The van der Waals surface area contributed by atoms with Crippen LogP contribution >= 0.6 is 0 Å². The minimum Gasteiger partial charge on any atom is -0.458 e. The molecule has 2 aromatic rings. The number of aromatic amines is 1. The summed E-state index contributed by atoms with van der Waals surface area (Å²) in [5.74, 6) is 1.19. The van der Waals surface area contributed by atoms with Gasteiger partial charge in [-0.3, -0.25) is 15.1 Å². The fourth-order valence-corrected chi connectivity index (χ4v) is 8.84. The lowest BCUT2D eigenvalue weighted by atomic mass is 9.75. The van der Waals surface area contributed by atoms with E-state index in [4.69, 9.17) is 19.3 Å². The van der Waals surface area contributed by atoms with Crippen LogP contribution in [0, 0.1) is 42.4 Å². The second-order valence-corrected chi connectivity index (χ2v) is 15.4. The molecule has 3 aliphatic rings. The lowest BCUT2D eigenvalue weighted by Gasteiger charge is -2.37. The third kappa shape index (κ3) is 8.16. The highest BCUT2D eigenvalue weighted by Gasteiger charge is 2.39. The molecule has 4 unspecified atom stereocenters. The predicted molar refractivity (Wildman–Crippen MR) is 200 cm³/mol. The number of aromatic nitrogens is 1. The molecule has 2 aliphatic carbocycles.